The van der Waals surface area contributed by atoms with Crippen LogP contribution in [0.3, 0.4) is 0 Å². The Labute approximate surface area is 249 Å². The van der Waals surface area contributed by atoms with Crippen molar-refractivity contribution in [2.24, 2.45) is 17.8 Å². The number of ether oxygens (including phenoxy) is 1. The highest BCUT2D eigenvalue weighted by Gasteiger charge is 2.58. The minimum absolute atomic E-state index is 0.000493. The van der Waals surface area contributed by atoms with Crippen molar-refractivity contribution < 1.29 is 23.8 Å². The molecule has 0 saturated carbocycles. The second-order valence-electron chi connectivity index (χ2n) is 12.4. The topological polar surface area (TPSA) is 83.2 Å². The van der Waals surface area contributed by atoms with E-state index in [9.17, 15) is 14.7 Å². The molecule has 2 aromatic rings. The van der Waals surface area contributed by atoms with E-state index in [2.05, 4.69) is 49.1 Å². The highest BCUT2D eigenvalue weighted by molar-refractivity contribution is 6.06. The van der Waals surface area contributed by atoms with Gasteiger partial charge in [-0.2, -0.15) is 0 Å². The molecule has 1 aromatic heterocycles. The van der Waals surface area contributed by atoms with Crippen LogP contribution in [0.2, 0.25) is 0 Å². The van der Waals surface area contributed by atoms with Gasteiger partial charge in [0.25, 0.3) is 0 Å². The van der Waals surface area contributed by atoms with Gasteiger partial charge in [-0.05, 0) is 74.3 Å². The van der Waals surface area contributed by atoms with E-state index in [-0.39, 0.29) is 48.3 Å². The number of furan rings is 1. The van der Waals surface area contributed by atoms with E-state index in [1.807, 2.05) is 12.1 Å². The molecule has 3 fully saturated rings. The summed E-state index contributed by atoms with van der Waals surface area (Å²) in [5.41, 5.74) is 5.20. The molecule has 0 spiro atoms. The smallest absolute Gasteiger partial charge is 0.234 e. The second-order valence-corrected chi connectivity index (χ2v) is 12.4. The van der Waals surface area contributed by atoms with Gasteiger partial charge in [-0.3, -0.25) is 19.4 Å². The number of hydrogen-bond donors (Lipinski definition) is 1. The third-order valence-corrected chi connectivity index (χ3v) is 10.0. The van der Waals surface area contributed by atoms with Gasteiger partial charge in [0, 0.05) is 31.6 Å². The maximum atomic E-state index is 14.0. The lowest BCUT2D eigenvalue weighted by Crippen LogP contribution is -2.47. The van der Waals surface area contributed by atoms with E-state index in [0.717, 1.165) is 63.9 Å². The average molecular weight is 573 g/mol. The van der Waals surface area contributed by atoms with Crippen LogP contribution < -0.4 is 0 Å². The zero-order valence-electron chi connectivity index (χ0n) is 25.0. The van der Waals surface area contributed by atoms with Crippen molar-refractivity contribution >= 4 is 17.9 Å². The van der Waals surface area contributed by atoms with Crippen LogP contribution >= 0.6 is 0 Å². The van der Waals surface area contributed by atoms with Gasteiger partial charge in [0.2, 0.25) is 11.8 Å². The minimum Gasteiger partial charge on any atom is -0.459 e. The van der Waals surface area contributed by atoms with E-state index < -0.39 is 0 Å². The fourth-order valence-electron chi connectivity index (χ4n) is 7.80. The Bertz CT molecular complexity index is 1340. The number of rotatable bonds is 10. The Kier molecular flexibility index (Phi) is 8.80. The number of fused-ring (bicyclic) bond motifs is 3. The number of aliphatic hydroxyl groups is 1. The molecule has 4 heterocycles. The third kappa shape index (κ3) is 5.67. The van der Waals surface area contributed by atoms with Crippen LogP contribution in [-0.4, -0.2) is 58.6 Å². The van der Waals surface area contributed by atoms with Crippen LogP contribution in [0.1, 0.15) is 75.9 Å². The number of nitrogens with zero attached hydrogens (tertiary/aromatic N) is 2. The van der Waals surface area contributed by atoms with E-state index in [1.165, 1.54) is 22.3 Å². The first kappa shape index (κ1) is 29.1. The summed E-state index contributed by atoms with van der Waals surface area (Å²) in [5.74, 6) is 0.909. The van der Waals surface area contributed by atoms with Crippen LogP contribution in [0.15, 0.2) is 63.6 Å². The fourth-order valence-corrected chi connectivity index (χ4v) is 7.80. The molecule has 0 radical (unpaired) electrons. The lowest BCUT2D eigenvalue weighted by molar-refractivity contribution is -0.144. The Balaban J connectivity index is 1.12. The molecular formula is C35H44N2O5. The van der Waals surface area contributed by atoms with Crippen molar-refractivity contribution in [3.63, 3.8) is 0 Å². The van der Waals surface area contributed by atoms with Gasteiger partial charge in [-0.15, -0.1) is 0 Å². The van der Waals surface area contributed by atoms with Crippen molar-refractivity contribution in [1.82, 2.24) is 9.80 Å². The van der Waals surface area contributed by atoms with E-state index in [4.69, 9.17) is 9.15 Å². The van der Waals surface area contributed by atoms with Crippen LogP contribution in [0, 0.1) is 17.8 Å². The maximum Gasteiger partial charge on any atom is 0.234 e. The number of likely N-dealkylation sites (tertiary alicyclic amines) is 2. The van der Waals surface area contributed by atoms with Crippen LogP contribution in [0.25, 0.3) is 6.08 Å². The van der Waals surface area contributed by atoms with Gasteiger partial charge in [0.15, 0.2) is 0 Å². The summed E-state index contributed by atoms with van der Waals surface area (Å²) in [6.45, 7) is 7.45. The third-order valence-electron chi connectivity index (χ3n) is 10.0. The number of carbonyl (C=O) groups is 2. The number of piperidine rings is 1. The van der Waals surface area contributed by atoms with Crippen molar-refractivity contribution in [2.45, 2.75) is 84.1 Å². The zero-order chi connectivity index (χ0) is 29.2. The van der Waals surface area contributed by atoms with Gasteiger partial charge in [-0.1, -0.05) is 55.3 Å². The first-order chi connectivity index (χ1) is 20.5. The Morgan fingerprint density at radius 3 is 2.50 bits per heavy atom. The van der Waals surface area contributed by atoms with Crippen LogP contribution in [0.4, 0.5) is 0 Å². The lowest BCUT2D eigenvalue weighted by Gasteiger charge is -2.36. The molecule has 224 valence electrons. The highest BCUT2D eigenvalue weighted by Crippen LogP contribution is 2.51. The molecule has 1 N–H and O–H groups in total. The van der Waals surface area contributed by atoms with Gasteiger partial charge in [0.05, 0.1) is 24.5 Å². The Morgan fingerprint density at radius 1 is 1.02 bits per heavy atom. The first-order valence-corrected chi connectivity index (χ1v) is 15.9. The SMILES string of the molecule is CCC1=C2[C@@H](CC/C(=C/c3ccc(CO)o3)CC)OC[C@@H]2[C@@H]2C(=O)N(C3CCN(Cc4ccccc4)CC3)C(=O)[C@@H]2C1. The number of carbonyl (C=O) groups excluding carboxylic acids is 2. The molecule has 1 aromatic carbocycles. The molecule has 3 saturated heterocycles. The number of amides is 2. The summed E-state index contributed by atoms with van der Waals surface area (Å²) in [5, 5.41) is 9.31. The summed E-state index contributed by atoms with van der Waals surface area (Å²) >= 11 is 0. The summed E-state index contributed by atoms with van der Waals surface area (Å²) in [6, 6.07) is 14.2. The number of benzene rings is 1. The highest BCUT2D eigenvalue weighted by atomic mass is 16.5. The van der Waals surface area contributed by atoms with E-state index in [0.29, 0.717) is 18.8 Å². The molecule has 0 unspecified atom stereocenters. The molecule has 1 aliphatic carbocycles. The maximum absolute atomic E-state index is 14.0. The molecule has 4 aliphatic rings. The zero-order valence-corrected chi connectivity index (χ0v) is 25.0. The van der Waals surface area contributed by atoms with E-state index >= 15 is 0 Å². The fraction of sp³-hybridized carbons (Fsp3) is 0.543. The summed E-state index contributed by atoms with van der Waals surface area (Å²) < 4.78 is 12.1. The molecule has 7 nitrogen and oxygen atoms in total. The number of allylic oxidation sites excluding steroid dienone is 2. The first-order valence-electron chi connectivity index (χ1n) is 15.9. The second kappa shape index (κ2) is 12.7. The van der Waals surface area contributed by atoms with Crippen molar-refractivity contribution in [3.05, 3.63) is 76.3 Å². The number of imide groups is 1. The normalized spacial score (nSPS) is 27.2. The molecule has 7 heteroatoms. The summed E-state index contributed by atoms with van der Waals surface area (Å²) in [4.78, 5) is 31.9. The standard InChI is InChI=1S/C35H44N2O5/c1-3-23(18-27-11-12-28(21-38)42-27)10-13-31-32-25(4-2)19-29-33(30(32)22-41-31)35(40)37(34(29)39)26-14-16-36(17-15-26)20-24-8-6-5-7-9-24/h5-9,11-12,18,26,29-31,33,38H,3-4,10,13-17,19-22H2,1-2H3/b23-18+/t29-,30+,31-,33-/m1/s1. The van der Waals surface area contributed by atoms with Crippen LogP contribution in [0.5, 0.6) is 0 Å². The van der Waals surface area contributed by atoms with E-state index in [1.54, 1.807) is 11.0 Å². The number of aliphatic hydroxyl groups excluding tert-OH is 1. The van der Waals surface area contributed by atoms with Gasteiger partial charge < -0.3 is 14.3 Å². The molecule has 3 aliphatic heterocycles. The number of hydrogen-bond acceptors (Lipinski definition) is 6. The van der Waals surface area contributed by atoms with Gasteiger partial charge in [-0.25, -0.2) is 0 Å². The monoisotopic (exact) mass is 572 g/mol. The minimum atomic E-state index is -0.281. The summed E-state index contributed by atoms with van der Waals surface area (Å²) in [6.07, 6.45) is 7.95. The van der Waals surface area contributed by atoms with Crippen molar-refractivity contribution in [2.75, 3.05) is 19.7 Å². The predicted octanol–water partition coefficient (Wildman–Crippen LogP) is 5.74. The lowest BCUT2D eigenvalue weighted by atomic mass is 9.69. The van der Waals surface area contributed by atoms with Gasteiger partial charge >= 0.3 is 0 Å². The largest absolute Gasteiger partial charge is 0.459 e. The summed E-state index contributed by atoms with van der Waals surface area (Å²) in [7, 11) is 0. The quantitative estimate of drug-likeness (QED) is 0.289. The molecule has 4 atom stereocenters. The average Bonchev–Trinajstić information content (AvgIpc) is 3.72. The molecular weight excluding hydrogens is 528 g/mol. The Hall–Kier alpha value is -3.00. The molecule has 6 rings (SSSR count). The van der Waals surface area contributed by atoms with Crippen LogP contribution in [-0.2, 0) is 27.5 Å². The Morgan fingerprint density at radius 2 is 1.81 bits per heavy atom. The molecule has 42 heavy (non-hydrogen) atoms. The molecule has 0 bridgehead atoms. The van der Waals surface area contributed by atoms with Crippen molar-refractivity contribution in [1.29, 1.82) is 0 Å². The van der Waals surface area contributed by atoms with Crippen molar-refractivity contribution in [3.8, 4) is 0 Å². The molecule has 2 amide bonds. The predicted molar refractivity (Wildman–Crippen MR) is 161 cm³/mol. The van der Waals surface area contributed by atoms with Gasteiger partial charge in [0.1, 0.15) is 18.1 Å².